The van der Waals surface area contributed by atoms with E-state index >= 15 is 0 Å². The molecule has 0 aliphatic carbocycles. The van der Waals surface area contributed by atoms with Gasteiger partial charge in [0.05, 0.1) is 17.9 Å². The largest absolute Gasteiger partial charge is 0.369 e. The van der Waals surface area contributed by atoms with Gasteiger partial charge >= 0.3 is 0 Å². The van der Waals surface area contributed by atoms with Crippen LogP contribution in [0.5, 0.6) is 0 Å². The average molecular weight is 477 g/mol. The number of benzene rings is 2. The number of halogens is 2. The number of aromatic nitrogens is 4. The van der Waals surface area contributed by atoms with Crippen LogP contribution in [0.1, 0.15) is 12.0 Å². The van der Waals surface area contributed by atoms with Crippen molar-refractivity contribution in [3.63, 3.8) is 0 Å². The predicted octanol–water partition coefficient (Wildman–Crippen LogP) is 4.06. The van der Waals surface area contributed by atoms with E-state index in [0.717, 1.165) is 36.7 Å². The van der Waals surface area contributed by atoms with Crippen molar-refractivity contribution in [1.82, 2.24) is 24.9 Å². The molecule has 0 aliphatic rings. The Kier molecular flexibility index (Phi) is 7.57. The highest BCUT2D eigenvalue weighted by Crippen LogP contribution is 2.21. The van der Waals surface area contributed by atoms with Crippen molar-refractivity contribution >= 4 is 5.82 Å². The van der Waals surface area contributed by atoms with Gasteiger partial charge in [-0.1, -0.05) is 18.2 Å². The zero-order valence-electron chi connectivity index (χ0n) is 19.6. The van der Waals surface area contributed by atoms with Crippen LogP contribution in [-0.4, -0.2) is 52.1 Å². The average Bonchev–Trinajstić information content (AvgIpc) is 2.83. The highest BCUT2D eigenvalue weighted by atomic mass is 19.1. The number of rotatable bonds is 9. The maximum atomic E-state index is 13.6. The van der Waals surface area contributed by atoms with Crippen molar-refractivity contribution in [2.45, 2.75) is 13.0 Å². The summed E-state index contributed by atoms with van der Waals surface area (Å²) >= 11 is 0. The summed E-state index contributed by atoms with van der Waals surface area (Å²) in [5.41, 5.74) is 2.63. The Morgan fingerprint density at radius 2 is 1.66 bits per heavy atom. The van der Waals surface area contributed by atoms with Gasteiger partial charge in [-0.2, -0.15) is 5.10 Å². The minimum Gasteiger partial charge on any atom is -0.369 e. The lowest BCUT2D eigenvalue weighted by molar-refractivity contribution is 0.405. The van der Waals surface area contributed by atoms with Crippen LogP contribution in [0.4, 0.5) is 14.6 Å². The van der Waals surface area contributed by atoms with E-state index in [9.17, 15) is 13.6 Å². The Bertz CT molecular complexity index is 1330. The fourth-order valence-corrected chi connectivity index (χ4v) is 3.61. The summed E-state index contributed by atoms with van der Waals surface area (Å²) < 4.78 is 28.5. The second-order valence-corrected chi connectivity index (χ2v) is 8.46. The van der Waals surface area contributed by atoms with Gasteiger partial charge in [-0.3, -0.25) is 4.79 Å². The third-order valence-electron chi connectivity index (χ3n) is 5.33. The minimum absolute atomic E-state index is 0.192. The molecule has 0 atom stereocenters. The van der Waals surface area contributed by atoms with Crippen molar-refractivity contribution in [3.8, 4) is 22.5 Å². The lowest BCUT2D eigenvalue weighted by Crippen LogP contribution is -2.22. The first-order valence-corrected chi connectivity index (χ1v) is 11.2. The van der Waals surface area contributed by atoms with Crippen LogP contribution >= 0.6 is 0 Å². The van der Waals surface area contributed by atoms with E-state index < -0.39 is 11.6 Å². The van der Waals surface area contributed by atoms with Crippen LogP contribution in [0.3, 0.4) is 0 Å². The van der Waals surface area contributed by atoms with Crippen molar-refractivity contribution in [3.05, 3.63) is 94.3 Å². The van der Waals surface area contributed by atoms with E-state index in [-0.39, 0.29) is 17.7 Å². The normalized spacial score (nSPS) is 11.1. The zero-order chi connectivity index (χ0) is 24.8. The number of nitrogens with one attached hydrogen (secondary N) is 1. The Morgan fingerprint density at radius 1 is 0.886 bits per heavy atom. The topological polar surface area (TPSA) is 75.9 Å². The second-order valence-electron chi connectivity index (χ2n) is 8.46. The Balaban J connectivity index is 1.49. The monoisotopic (exact) mass is 476 g/mol. The molecular weight excluding hydrogens is 450 g/mol. The van der Waals surface area contributed by atoms with Gasteiger partial charge in [-0.25, -0.2) is 13.5 Å². The first-order chi connectivity index (χ1) is 16.9. The van der Waals surface area contributed by atoms with E-state index in [2.05, 4.69) is 25.5 Å². The summed E-state index contributed by atoms with van der Waals surface area (Å²) in [6.07, 6.45) is 1.00. The molecule has 0 saturated carbocycles. The van der Waals surface area contributed by atoms with Gasteiger partial charge in [-0.15, -0.1) is 10.2 Å². The van der Waals surface area contributed by atoms with Crippen molar-refractivity contribution in [2.24, 2.45) is 0 Å². The fraction of sp³-hybridized carbons (Fsp3) is 0.231. The molecule has 0 amide bonds. The van der Waals surface area contributed by atoms with Crippen molar-refractivity contribution in [2.75, 3.05) is 32.5 Å². The Hall–Kier alpha value is -3.98. The molecule has 7 nitrogen and oxygen atoms in total. The predicted molar refractivity (Wildman–Crippen MR) is 132 cm³/mol. The molecule has 2 aromatic carbocycles. The number of anilines is 1. The lowest BCUT2D eigenvalue weighted by atomic mass is 10.1. The molecule has 4 rings (SSSR count). The molecule has 0 fully saturated rings. The molecular formula is C26H26F2N6O. The summed E-state index contributed by atoms with van der Waals surface area (Å²) in [5, 5.41) is 16.1. The molecule has 35 heavy (non-hydrogen) atoms. The Labute approximate surface area is 202 Å². The van der Waals surface area contributed by atoms with Gasteiger partial charge < -0.3 is 10.2 Å². The first-order valence-electron chi connectivity index (χ1n) is 11.2. The van der Waals surface area contributed by atoms with Gasteiger partial charge in [0.25, 0.3) is 5.56 Å². The number of hydrogen-bond donors (Lipinski definition) is 1. The first kappa shape index (κ1) is 24.2. The summed E-state index contributed by atoms with van der Waals surface area (Å²) in [7, 11) is 4.08. The molecule has 2 heterocycles. The SMILES string of the molecule is CN(C)CCCNc1ccc(-c2cccc(Cn3nc(-c4cc(F)cc(F)c4)ccc3=O)c2)nn1. The highest BCUT2D eigenvalue weighted by molar-refractivity contribution is 5.61. The second kappa shape index (κ2) is 11.0. The van der Waals surface area contributed by atoms with Crippen LogP contribution in [0.25, 0.3) is 22.5 Å². The van der Waals surface area contributed by atoms with Crippen LogP contribution in [0.15, 0.2) is 71.5 Å². The van der Waals surface area contributed by atoms with E-state index in [1.54, 1.807) is 0 Å². The standard InChI is InChI=1S/C26H26F2N6O/c1-33(2)12-4-11-29-25-9-7-23(30-31-25)19-6-3-5-18(13-19)17-34-26(35)10-8-24(32-34)20-14-21(27)16-22(28)15-20/h3,5-10,13-16H,4,11-12,17H2,1-2H3,(H,29,31). The zero-order valence-corrected chi connectivity index (χ0v) is 19.6. The molecule has 0 radical (unpaired) electrons. The van der Waals surface area contributed by atoms with Crippen molar-refractivity contribution < 1.29 is 8.78 Å². The maximum Gasteiger partial charge on any atom is 0.267 e. The minimum atomic E-state index is -0.705. The number of nitrogens with zero attached hydrogens (tertiary/aromatic N) is 5. The Morgan fingerprint density at radius 3 is 2.37 bits per heavy atom. The van der Waals surface area contributed by atoms with E-state index in [1.807, 2.05) is 50.5 Å². The van der Waals surface area contributed by atoms with Crippen LogP contribution < -0.4 is 10.9 Å². The summed E-state index contributed by atoms with van der Waals surface area (Å²) in [6, 6.07) is 17.3. The van der Waals surface area contributed by atoms with Crippen molar-refractivity contribution in [1.29, 1.82) is 0 Å². The quantitative estimate of drug-likeness (QED) is 0.367. The van der Waals surface area contributed by atoms with Gasteiger partial charge in [-0.05, 0) is 69.0 Å². The van der Waals surface area contributed by atoms with Crippen LogP contribution in [0, 0.1) is 11.6 Å². The molecule has 180 valence electrons. The van der Waals surface area contributed by atoms with Crippen LogP contribution in [0.2, 0.25) is 0 Å². The molecule has 0 bridgehead atoms. The fourth-order valence-electron chi connectivity index (χ4n) is 3.61. The van der Waals surface area contributed by atoms with Crippen LogP contribution in [-0.2, 0) is 6.54 Å². The molecule has 0 spiro atoms. The van der Waals surface area contributed by atoms with Gasteiger partial charge in [0.1, 0.15) is 17.5 Å². The molecule has 4 aromatic rings. The smallest absolute Gasteiger partial charge is 0.267 e. The summed E-state index contributed by atoms with van der Waals surface area (Å²) in [6.45, 7) is 1.99. The van der Waals surface area contributed by atoms with Gasteiger partial charge in [0, 0.05) is 29.8 Å². The van der Waals surface area contributed by atoms with Gasteiger partial charge in [0.2, 0.25) is 0 Å². The summed E-state index contributed by atoms with van der Waals surface area (Å²) in [5.74, 6) is -0.698. The van der Waals surface area contributed by atoms with E-state index in [4.69, 9.17) is 0 Å². The summed E-state index contributed by atoms with van der Waals surface area (Å²) in [4.78, 5) is 14.5. The third-order valence-corrected chi connectivity index (χ3v) is 5.33. The molecule has 0 unspecified atom stereocenters. The van der Waals surface area contributed by atoms with E-state index in [1.165, 1.54) is 28.9 Å². The maximum absolute atomic E-state index is 13.6. The molecule has 0 aliphatic heterocycles. The molecule has 1 N–H and O–H groups in total. The molecule has 9 heteroatoms. The van der Waals surface area contributed by atoms with E-state index in [0.29, 0.717) is 17.2 Å². The molecule has 2 aromatic heterocycles. The highest BCUT2D eigenvalue weighted by Gasteiger charge is 2.09. The van der Waals surface area contributed by atoms with Gasteiger partial charge in [0.15, 0.2) is 0 Å². The lowest BCUT2D eigenvalue weighted by Gasteiger charge is -2.10. The molecule has 0 saturated heterocycles. The number of hydrogen-bond acceptors (Lipinski definition) is 6. The third kappa shape index (κ3) is 6.54.